The molecule has 0 atom stereocenters. The average molecular weight is 228 g/mol. The van der Waals surface area contributed by atoms with Crippen LogP contribution in [0.4, 0.5) is 5.82 Å². The van der Waals surface area contributed by atoms with Crippen LogP contribution in [0.3, 0.4) is 0 Å². The molecule has 4 heteroatoms. The summed E-state index contributed by atoms with van der Waals surface area (Å²) in [6.45, 7) is 2.59. The largest absolute Gasteiger partial charge is 0.384 e. The van der Waals surface area contributed by atoms with Crippen molar-refractivity contribution >= 4 is 5.82 Å². The third-order valence-electron chi connectivity index (χ3n) is 2.59. The number of rotatable bonds is 3. The SMILES string of the molecule is Cc1ccccc1-c1nc(N)cc(CCN)n1. The van der Waals surface area contributed by atoms with E-state index in [1.54, 1.807) is 6.07 Å². The fourth-order valence-corrected chi connectivity index (χ4v) is 1.74. The molecule has 0 fully saturated rings. The van der Waals surface area contributed by atoms with Gasteiger partial charge in [0.05, 0.1) is 0 Å². The summed E-state index contributed by atoms with van der Waals surface area (Å²) in [5.74, 6) is 1.16. The zero-order valence-electron chi connectivity index (χ0n) is 9.85. The Morgan fingerprint density at radius 1 is 1.18 bits per heavy atom. The molecule has 0 amide bonds. The van der Waals surface area contributed by atoms with Gasteiger partial charge in [-0.2, -0.15) is 0 Å². The Morgan fingerprint density at radius 3 is 2.65 bits per heavy atom. The molecule has 0 bridgehead atoms. The Labute approximate surface area is 101 Å². The molecule has 0 saturated heterocycles. The fourth-order valence-electron chi connectivity index (χ4n) is 1.74. The number of aromatic nitrogens is 2. The lowest BCUT2D eigenvalue weighted by Gasteiger charge is -2.07. The van der Waals surface area contributed by atoms with Crippen LogP contribution in [0.1, 0.15) is 11.3 Å². The van der Waals surface area contributed by atoms with Crippen molar-refractivity contribution in [1.82, 2.24) is 9.97 Å². The third kappa shape index (κ3) is 2.60. The summed E-state index contributed by atoms with van der Waals surface area (Å²) >= 11 is 0. The number of anilines is 1. The standard InChI is InChI=1S/C13H16N4/c1-9-4-2-3-5-11(9)13-16-10(6-7-14)8-12(15)17-13/h2-5,8H,6-7,14H2,1H3,(H2,15,16,17). The molecule has 2 rings (SSSR count). The lowest BCUT2D eigenvalue weighted by atomic mass is 10.1. The Morgan fingerprint density at radius 2 is 1.94 bits per heavy atom. The van der Waals surface area contributed by atoms with E-state index < -0.39 is 0 Å². The van der Waals surface area contributed by atoms with Gasteiger partial charge in [-0.1, -0.05) is 24.3 Å². The highest BCUT2D eigenvalue weighted by molar-refractivity contribution is 5.61. The quantitative estimate of drug-likeness (QED) is 0.835. The fraction of sp³-hybridized carbons (Fsp3) is 0.231. The minimum Gasteiger partial charge on any atom is -0.384 e. The lowest BCUT2D eigenvalue weighted by molar-refractivity contribution is 0.914. The molecule has 0 aliphatic rings. The minimum atomic E-state index is 0.488. The molecular formula is C13H16N4. The Bertz CT molecular complexity index is 523. The van der Waals surface area contributed by atoms with Gasteiger partial charge in [-0.25, -0.2) is 9.97 Å². The second-order valence-electron chi connectivity index (χ2n) is 3.96. The average Bonchev–Trinajstić information content (AvgIpc) is 2.29. The molecule has 0 aliphatic carbocycles. The Balaban J connectivity index is 2.48. The van der Waals surface area contributed by atoms with Crippen LogP contribution < -0.4 is 11.5 Å². The summed E-state index contributed by atoms with van der Waals surface area (Å²) < 4.78 is 0. The van der Waals surface area contributed by atoms with Crippen molar-refractivity contribution in [3.8, 4) is 11.4 Å². The number of benzene rings is 1. The first-order chi connectivity index (χ1) is 8.20. The van der Waals surface area contributed by atoms with E-state index in [4.69, 9.17) is 11.5 Å². The molecule has 1 aromatic heterocycles. The number of aryl methyl sites for hydroxylation is 1. The molecular weight excluding hydrogens is 212 g/mol. The van der Waals surface area contributed by atoms with E-state index in [0.717, 1.165) is 16.8 Å². The summed E-state index contributed by atoms with van der Waals surface area (Å²) in [7, 11) is 0. The molecule has 0 saturated carbocycles. The van der Waals surface area contributed by atoms with E-state index >= 15 is 0 Å². The molecule has 4 N–H and O–H groups in total. The van der Waals surface area contributed by atoms with Crippen LogP contribution in [0, 0.1) is 6.92 Å². The molecule has 0 unspecified atom stereocenters. The summed E-state index contributed by atoms with van der Waals surface area (Å²) in [4.78, 5) is 8.76. The van der Waals surface area contributed by atoms with E-state index in [-0.39, 0.29) is 0 Å². The zero-order valence-corrected chi connectivity index (χ0v) is 9.85. The van der Waals surface area contributed by atoms with Gasteiger partial charge in [0, 0.05) is 23.7 Å². The summed E-state index contributed by atoms with van der Waals surface area (Å²) in [5.41, 5.74) is 14.3. The van der Waals surface area contributed by atoms with Crippen LogP contribution in [0.5, 0.6) is 0 Å². The second kappa shape index (κ2) is 4.93. The minimum absolute atomic E-state index is 0.488. The number of hydrogen-bond donors (Lipinski definition) is 2. The van der Waals surface area contributed by atoms with Gasteiger partial charge in [0.1, 0.15) is 5.82 Å². The first-order valence-electron chi connectivity index (χ1n) is 5.60. The number of nitrogen functional groups attached to an aromatic ring is 1. The monoisotopic (exact) mass is 228 g/mol. The van der Waals surface area contributed by atoms with Crippen molar-refractivity contribution in [2.75, 3.05) is 12.3 Å². The molecule has 17 heavy (non-hydrogen) atoms. The maximum absolute atomic E-state index is 5.79. The molecule has 4 nitrogen and oxygen atoms in total. The van der Waals surface area contributed by atoms with E-state index in [1.807, 2.05) is 31.2 Å². The van der Waals surface area contributed by atoms with Gasteiger partial charge in [0.15, 0.2) is 5.82 Å². The number of nitrogens with two attached hydrogens (primary N) is 2. The predicted molar refractivity (Wildman–Crippen MR) is 69.4 cm³/mol. The topological polar surface area (TPSA) is 77.8 Å². The third-order valence-corrected chi connectivity index (χ3v) is 2.59. The van der Waals surface area contributed by atoms with Gasteiger partial charge in [-0.15, -0.1) is 0 Å². The summed E-state index contributed by atoms with van der Waals surface area (Å²) in [5, 5.41) is 0. The van der Waals surface area contributed by atoms with Crippen LogP contribution in [-0.2, 0) is 6.42 Å². The van der Waals surface area contributed by atoms with Crippen molar-refractivity contribution in [3.63, 3.8) is 0 Å². The number of hydrogen-bond acceptors (Lipinski definition) is 4. The molecule has 0 radical (unpaired) electrons. The molecule has 88 valence electrons. The van der Waals surface area contributed by atoms with E-state index in [1.165, 1.54) is 0 Å². The zero-order chi connectivity index (χ0) is 12.3. The van der Waals surface area contributed by atoms with Crippen LogP contribution in [0.25, 0.3) is 11.4 Å². The molecule has 1 heterocycles. The van der Waals surface area contributed by atoms with Crippen molar-refractivity contribution in [2.45, 2.75) is 13.3 Å². The van der Waals surface area contributed by atoms with E-state index in [9.17, 15) is 0 Å². The first-order valence-corrected chi connectivity index (χ1v) is 5.60. The maximum Gasteiger partial charge on any atom is 0.162 e. The van der Waals surface area contributed by atoms with Gasteiger partial charge in [0.2, 0.25) is 0 Å². The smallest absolute Gasteiger partial charge is 0.162 e. The molecule has 0 aliphatic heterocycles. The summed E-state index contributed by atoms with van der Waals surface area (Å²) in [6.07, 6.45) is 0.714. The van der Waals surface area contributed by atoms with Gasteiger partial charge in [0.25, 0.3) is 0 Å². The Kier molecular flexibility index (Phi) is 3.35. The normalized spacial score (nSPS) is 10.5. The second-order valence-corrected chi connectivity index (χ2v) is 3.96. The van der Waals surface area contributed by atoms with Gasteiger partial charge < -0.3 is 11.5 Å². The highest BCUT2D eigenvalue weighted by atomic mass is 14.9. The highest BCUT2D eigenvalue weighted by Crippen LogP contribution is 2.20. The van der Waals surface area contributed by atoms with Gasteiger partial charge >= 0.3 is 0 Å². The van der Waals surface area contributed by atoms with Crippen molar-refractivity contribution < 1.29 is 0 Å². The number of nitrogens with zero attached hydrogens (tertiary/aromatic N) is 2. The summed E-state index contributed by atoms with van der Waals surface area (Å²) in [6, 6.07) is 9.76. The highest BCUT2D eigenvalue weighted by Gasteiger charge is 2.07. The molecule has 2 aromatic rings. The van der Waals surface area contributed by atoms with Gasteiger partial charge in [-0.05, 0) is 19.0 Å². The molecule has 0 spiro atoms. The van der Waals surface area contributed by atoms with E-state index in [0.29, 0.717) is 24.6 Å². The van der Waals surface area contributed by atoms with Crippen LogP contribution in [-0.4, -0.2) is 16.5 Å². The van der Waals surface area contributed by atoms with Gasteiger partial charge in [-0.3, -0.25) is 0 Å². The van der Waals surface area contributed by atoms with E-state index in [2.05, 4.69) is 9.97 Å². The van der Waals surface area contributed by atoms with Crippen LogP contribution in [0.15, 0.2) is 30.3 Å². The molecule has 1 aromatic carbocycles. The van der Waals surface area contributed by atoms with Crippen molar-refractivity contribution in [1.29, 1.82) is 0 Å². The first kappa shape index (κ1) is 11.5. The maximum atomic E-state index is 5.79. The van der Waals surface area contributed by atoms with Crippen molar-refractivity contribution in [2.24, 2.45) is 5.73 Å². The Hall–Kier alpha value is -1.94. The lowest BCUT2D eigenvalue weighted by Crippen LogP contribution is -2.07. The van der Waals surface area contributed by atoms with Crippen LogP contribution in [0.2, 0.25) is 0 Å². The van der Waals surface area contributed by atoms with Crippen molar-refractivity contribution in [3.05, 3.63) is 41.6 Å². The van der Waals surface area contributed by atoms with Crippen LogP contribution >= 0.6 is 0 Å². The predicted octanol–water partition coefficient (Wildman–Crippen LogP) is 1.54.